The lowest BCUT2D eigenvalue weighted by Gasteiger charge is -2.12. The lowest BCUT2D eigenvalue weighted by atomic mass is 9.96. The van der Waals surface area contributed by atoms with Crippen LogP contribution in [0.3, 0.4) is 0 Å². The smallest absolute Gasteiger partial charge is 0.0941 e. The highest BCUT2D eigenvalue weighted by Crippen LogP contribution is 2.34. The fourth-order valence-electron chi connectivity index (χ4n) is 1.75. The molecule has 2 heterocycles. The predicted molar refractivity (Wildman–Crippen MR) is 57.1 cm³/mol. The molecule has 4 heteroatoms. The number of halogens is 2. The average molecular weight is 264 g/mol. The van der Waals surface area contributed by atoms with Crippen LogP contribution in [0.1, 0.15) is 10.8 Å². The predicted octanol–water partition coefficient (Wildman–Crippen LogP) is 2.78. The minimum atomic E-state index is -0.215. The molecule has 0 bridgehead atoms. The highest BCUT2D eigenvalue weighted by atomic mass is 79.9. The Hall–Kier alpha value is 0.0700. The first-order valence-corrected chi connectivity index (χ1v) is 5.99. The van der Waals surface area contributed by atoms with Gasteiger partial charge in [0.25, 0.3) is 0 Å². The van der Waals surface area contributed by atoms with E-state index in [1.165, 1.54) is 4.88 Å². The Bertz CT molecular complexity index is 289. The molecule has 1 aliphatic rings. The van der Waals surface area contributed by atoms with Crippen molar-refractivity contribution < 1.29 is 4.39 Å². The Morgan fingerprint density at radius 3 is 3.08 bits per heavy atom. The van der Waals surface area contributed by atoms with E-state index in [1.807, 2.05) is 0 Å². The molecule has 0 spiro atoms. The fraction of sp³-hybridized carbons (Fsp3) is 0.556. The summed E-state index contributed by atoms with van der Waals surface area (Å²) in [5.74, 6) is 0.548. The highest BCUT2D eigenvalue weighted by Gasteiger charge is 2.29. The van der Waals surface area contributed by atoms with Crippen molar-refractivity contribution in [2.24, 2.45) is 5.92 Å². The van der Waals surface area contributed by atoms with Gasteiger partial charge in [-0.25, -0.2) is 0 Å². The van der Waals surface area contributed by atoms with Crippen molar-refractivity contribution in [2.45, 2.75) is 5.92 Å². The molecule has 1 aromatic rings. The summed E-state index contributed by atoms with van der Waals surface area (Å²) >= 11 is 5.13. The molecule has 1 saturated heterocycles. The molecule has 2 rings (SSSR count). The van der Waals surface area contributed by atoms with Gasteiger partial charge in [0.05, 0.1) is 6.67 Å². The third-order valence-corrected chi connectivity index (χ3v) is 4.32. The zero-order valence-electron chi connectivity index (χ0n) is 7.09. The molecule has 0 aliphatic carbocycles. The Morgan fingerprint density at radius 1 is 1.62 bits per heavy atom. The Kier molecular flexibility index (Phi) is 3.01. The zero-order valence-corrected chi connectivity index (χ0v) is 9.50. The molecule has 2 atom stereocenters. The van der Waals surface area contributed by atoms with Crippen LogP contribution in [-0.4, -0.2) is 19.8 Å². The van der Waals surface area contributed by atoms with Crippen LogP contribution in [0, 0.1) is 5.92 Å². The maximum Gasteiger partial charge on any atom is 0.0941 e. The molecule has 0 saturated carbocycles. The van der Waals surface area contributed by atoms with E-state index < -0.39 is 0 Å². The van der Waals surface area contributed by atoms with E-state index >= 15 is 0 Å². The third-order valence-electron chi connectivity index (χ3n) is 2.49. The van der Waals surface area contributed by atoms with E-state index in [2.05, 4.69) is 32.7 Å². The van der Waals surface area contributed by atoms with Crippen molar-refractivity contribution in [2.75, 3.05) is 19.8 Å². The number of thiophene rings is 1. The van der Waals surface area contributed by atoms with Gasteiger partial charge in [0.1, 0.15) is 0 Å². The van der Waals surface area contributed by atoms with Crippen LogP contribution in [0.25, 0.3) is 0 Å². The van der Waals surface area contributed by atoms with Crippen molar-refractivity contribution >= 4 is 27.3 Å². The van der Waals surface area contributed by atoms with Crippen molar-refractivity contribution in [3.05, 3.63) is 20.8 Å². The van der Waals surface area contributed by atoms with E-state index in [0.29, 0.717) is 5.92 Å². The van der Waals surface area contributed by atoms with E-state index in [0.717, 1.165) is 17.6 Å². The van der Waals surface area contributed by atoms with Crippen LogP contribution in [0.5, 0.6) is 0 Å². The Morgan fingerprint density at radius 2 is 2.46 bits per heavy atom. The Balaban J connectivity index is 2.15. The van der Waals surface area contributed by atoms with Crippen LogP contribution in [-0.2, 0) is 0 Å². The second kappa shape index (κ2) is 4.07. The van der Waals surface area contributed by atoms with Crippen LogP contribution >= 0.6 is 27.3 Å². The topological polar surface area (TPSA) is 12.0 Å². The summed E-state index contributed by atoms with van der Waals surface area (Å²) in [4.78, 5) is 1.29. The summed E-state index contributed by atoms with van der Waals surface area (Å²) in [6.07, 6.45) is 0. The van der Waals surface area contributed by atoms with Crippen LogP contribution in [0.15, 0.2) is 15.9 Å². The lowest BCUT2D eigenvalue weighted by Crippen LogP contribution is -2.11. The molecule has 1 N–H and O–H groups in total. The summed E-state index contributed by atoms with van der Waals surface area (Å²) in [6, 6.07) is 2.10. The monoisotopic (exact) mass is 263 g/mol. The zero-order chi connectivity index (χ0) is 9.26. The van der Waals surface area contributed by atoms with Crippen molar-refractivity contribution in [1.29, 1.82) is 0 Å². The normalized spacial score (nSPS) is 28.2. The molecule has 0 amide bonds. The molecule has 1 aromatic heterocycles. The first-order chi connectivity index (χ1) is 6.31. The van der Waals surface area contributed by atoms with Crippen LogP contribution in [0.2, 0.25) is 0 Å². The van der Waals surface area contributed by atoms with Crippen LogP contribution < -0.4 is 5.32 Å². The van der Waals surface area contributed by atoms with E-state index in [-0.39, 0.29) is 12.6 Å². The van der Waals surface area contributed by atoms with E-state index in [9.17, 15) is 4.39 Å². The molecular formula is C9H11BrFNS. The van der Waals surface area contributed by atoms with E-state index in [4.69, 9.17) is 0 Å². The minimum Gasteiger partial charge on any atom is -0.316 e. The molecule has 72 valence electrons. The number of alkyl halides is 1. The van der Waals surface area contributed by atoms with E-state index in [1.54, 1.807) is 11.3 Å². The van der Waals surface area contributed by atoms with Gasteiger partial charge in [-0.05, 0) is 22.0 Å². The summed E-state index contributed by atoms with van der Waals surface area (Å²) in [5, 5.41) is 5.29. The molecule has 1 fully saturated rings. The van der Waals surface area contributed by atoms with Crippen LogP contribution in [0.4, 0.5) is 4.39 Å². The number of rotatable bonds is 2. The summed E-state index contributed by atoms with van der Waals surface area (Å²) in [7, 11) is 0. The van der Waals surface area contributed by atoms with Gasteiger partial charge in [-0.3, -0.25) is 4.39 Å². The summed E-state index contributed by atoms with van der Waals surface area (Å²) < 4.78 is 13.7. The van der Waals surface area contributed by atoms with Gasteiger partial charge in [0.15, 0.2) is 0 Å². The van der Waals surface area contributed by atoms with Crippen molar-refractivity contribution in [3.8, 4) is 0 Å². The molecule has 0 radical (unpaired) electrons. The average Bonchev–Trinajstić information content (AvgIpc) is 2.71. The summed E-state index contributed by atoms with van der Waals surface area (Å²) in [6.45, 7) is 1.52. The molecule has 13 heavy (non-hydrogen) atoms. The molecule has 1 nitrogen and oxygen atoms in total. The second-order valence-electron chi connectivity index (χ2n) is 3.35. The van der Waals surface area contributed by atoms with Crippen molar-refractivity contribution in [1.82, 2.24) is 5.32 Å². The van der Waals surface area contributed by atoms with Gasteiger partial charge >= 0.3 is 0 Å². The van der Waals surface area contributed by atoms with Gasteiger partial charge in [-0.1, -0.05) is 0 Å². The fourth-order valence-corrected chi connectivity index (χ4v) is 3.39. The quantitative estimate of drug-likeness (QED) is 0.866. The van der Waals surface area contributed by atoms with Gasteiger partial charge in [0, 0.05) is 39.7 Å². The molecule has 1 aliphatic heterocycles. The Labute approximate surface area is 89.5 Å². The highest BCUT2D eigenvalue weighted by molar-refractivity contribution is 9.10. The second-order valence-corrected chi connectivity index (χ2v) is 5.20. The third kappa shape index (κ3) is 1.95. The maximum atomic E-state index is 12.6. The minimum absolute atomic E-state index is 0.172. The number of hydrogen-bond donors (Lipinski definition) is 1. The molecule has 0 aromatic carbocycles. The first kappa shape index (κ1) is 9.62. The lowest BCUT2D eigenvalue weighted by molar-refractivity contribution is 0.360. The molecular weight excluding hydrogens is 253 g/mol. The first-order valence-electron chi connectivity index (χ1n) is 4.32. The van der Waals surface area contributed by atoms with Gasteiger partial charge in [0.2, 0.25) is 0 Å². The standard InChI is InChI=1S/C9H11BrFNS/c10-7-1-9(13-5-7)8-4-12-3-6(8)2-11/h1,5-6,8,12H,2-4H2/t6-,8-/m0/s1. The van der Waals surface area contributed by atoms with Gasteiger partial charge < -0.3 is 5.32 Å². The van der Waals surface area contributed by atoms with Gasteiger partial charge in [-0.2, -0.15) is 0 Å². The largest absolute Gasteiger partial charge is 0.316 e. The molecule has 0 unspecified atom stereocenters. The number of nitrogens with one attached hydrogen (secondary N) is 1. The SMILES string of the molecule is FC[C@H]1CNC[C@@H]1c1cc(Br)cs1. The maximum absolute atomic E-state index is 12.6. The van der Waals surface area contributed by atoms with Gasteiger partial charge in [-0.15, -0.1) is 11.3 Å². The summed E-state index contributed by atoms with van der Waals surface area (Å²) in [5.41, 5.74) is 0. The van der Waals surface area contributed by atoms with Crippen molar-refractivity contribution in [3.63, 3.8) is 0 Å². The number of hydrogen-bond acceptors (Lipinski definition) is 2.